The van der Waals surface area contributed by atoms with Gasteiger partial charge in [0.25, 0.3) is 0 Å². The maximum absolute atomic E-state index is 11.9. The molecule has 0 unspecified atom stereocenters. The number of aryl methyl sites for hydroxylation is 1. The van der Waals surface area contributed by atoms with Gasteiger partial charge in [0.2, 0.25) is 5.91 Å². The second-order valence-electron chi connectivity index (χ2n) is 5.28. The first kappa shape index (κ1) is 13.1. The van der Waals surface area contributed by atoms with Gasteiger partial charge in [0, 0.05) is 23.7 Å². The highest BCUT2D eigenvalue weighted by atomic mass is 16.1. The van der Waals surface area contributed by atoms with Crippen LogP contribution < -0.4 is 11.1 Å². The standard InChI is InChI=1S/C13H22N4O/c1-2-10-8-11(17-16-10)15-12(18)9-13(14)6-4-3-5-7-13/h8H,2-7,9,14H2,1H3,(H2,15,16,17,18). The van der Waals surface area contributed by atoms with Crippen LogP contribution in [-0.4, -0.2) is 21.6 Å². The van der Waals surface area contributed by atoms with Gasteiger partial charge in [-0.05, 0) is 19.3 Å². The number of nitrogens with zero attached hydrogens (tertiary/aromatic N) is 1. The van der Waals surface area contributed by atoms with Crippen molar-refractivity contribution in [1.29, 1.82) is 0 Å². The lowest BCUT2D eigenvalue weighted by Gasteiger charge is -2.32. The van der Waals surface area contributed by atoms with E-state index in [4.69, 9.17) is 5.73 Å². The topological polar surface area (TPSA) is 83.8 Å². The maximum Gasteiger partial charge on any atom is 0.227 e. The zero-order valence-electron chi connectivity index (χ0n) is 11.0. The molecule has 1 aromatic rings. The summed E-state index contributed by atoms with van der Waals surface area (Å²) in [6.45, 7) is 2.04. The second kappa shape index (κ2) is 5.52. The lowest BCUT2D eigenvalue weighted by atomic mass is 9.80. The average Bonchev–Trinajstić information content (AvgIpc) is 2.76. The molecular formula is C13H22N4O. The van der Waals surface area contributed by atoms with Crippen LogP contribution in [0.15, 0.2) is 6.07 Å². The van der Waals surface area contributed by atoms with Crippen molar-refractivity contribution in [2.24, 2.45) is 5.73 Å². The van der Waals surface area contributed by atoms with Crippen LogP contribution in [0.5, 0.6) is 0 Å². The smallest absolute Gasteiger partial charge is 0.227 e. The van der Waals surface area contributed by atoms with E-state index in [9.17, 15) is 4.79 Å². The molecule has 5 heteroatoms. The van der Waals surface area contributed by atoms with Gasteiger partial charge in [0.1, 0.15) is 0 Å². The number of carbonyl (C=O) groups excluding carboxylic acids is 1. The number of H-pyrrole nitrogens is 1. The van der Waals surface area contributed by atoms with Crippen LogP contribution in [-0.2, 0) is 11.2 Å². The van der Waals surface area contributed by atoms with Gasteiger partial charge in [-0.15, -0.1) is 0 Å². The van der Waals surface area contributed by atoms with E-state index >= 15 is 0 Å². The molecule has 0 atom stereocenters. The normalized spacial score (nSPS) is 18.6. The first-order valence-electron chi connectivity index (χ1n) is 6.74. The molecule has 1 aromatic heterocycles. The van der Waals surface area contributed by atoms with Gasteiger partial charge >= 0.3 is 0 Å². The van der Waals surface area contributed by atoms with E-state index in [-0.39, 0.29) is 11.4 Å². The maximum atomic E-state index is 11.9. The number of anilines is 1. The van der Waals surface area contributed by atoms with Gasteiger partial charge in [-0.2, -0.15) is 5.10 Å². The molecule has 1 aliphatic carbocycles. The molecule has 0 saturated heterocycles. The van der Waals surface area contributed by atoms with E-state index in [0.29, 0.717) is 12.2 Å². The number of carbonyl (C=O) groups is 1. The average molecular weight is 250 g/mol. The van der Waals surface area contributed by atoms with E-state index in [1.165, 1.54) is 6.42 Å². The summed E-state index contributed by atoms with van der Waals surface area (Å²) < 4.78 is 0. The van der Waals surface area contributed by atoms with Crippen molar-refractivity contribution < 1.29 is 4.79 Å². The molecule has 0 aliphatic heterocycles. The van der Waals surface area contributed by atoms with E-state index in [1.54, 1.807) is 0 Å². The largest absolute Gasteiger partial charge is 0.325 e. The third-order valence-electron chi connectivity index (χ3n) is 3.64. The van der Waals surface area contributed by atoms with E-state index in [1.807, 2.05) is 13.0 Å². The molecule has 100 valence electrons. The molecule has 0 spiro atoms. The van der Waals surface area contributed by atoms with Gasteiger partial charge in [-0.3, -0.25) is 9.89 Å². The van der Waals surface area contributed by atoms with E-state index < -0.39 is 0 Å². The lowest BCUT2D eigenvalue weighted by molar-refractivity contribution is -0.117. The predicted molar refractivity (Wildman–Crippen MR) is 71.2 cm³/mol. The number of hydrogen-bond donors (Lipinski definition) is 3. The first-order valence-corrected chi connectivity index (χ1v) is 6.74. The third kappa shape index (κ3) is 3.32. The summed E-state index contributed by atoms with van der Waals surface area (Å²) in [7, 11) is 0. The molecule has 4 N–H and O–H groups in total. The fraction of sp³-hybridized carbons (Fsp3) is 0.692. The van der Waals surface area contributed by atoms with Crippen molar-refractivity contribution in [2.45, 2.75) is 57.4 Å². The molecule has 1 heterocycles. The number of nitrogens with one attached hydrogen (secondary N) is 2. The SMILES string of the molecule is CCc1cc(NC(=O)CC2(N)CCCCC2)n[nH]1. The van der Waals surface area contributed by atoms with Crippen molar-refractivity contribution in [3.05, 3.63) is 11.8 Å². The Labute approximate surface area is 108 Å². The van der Waals surface area contributed by atoms with Gasteiger partial charge in [0.05, 0.1) is 0 Å². The number of amides is 1. The van der Waals surface area contributed by atoms with Gasteiger partial charge in [-0.25, -0.2) is 0 Å². The Morgan fingerprint density at radius 2 is 2.22 bits per heavy atom. The van der Waals surface area contributed by atoms with Crippen LogP contribution in [0.3, 0.4) is 0 Å². The number of aromatic nitrogens is 2. The summed E-state index contributed by atoms with van der Waals surface area (Å²) in [6.07, 6.45) is 6.66. The summed E-state index contributed by atoms with van der Waals surface area (Å²) in [5.74, 6) is 0.560. The highest BCUT2D eigenvalue weighted by Crippen LogP contribution is 2.28. The lowest BCUT2D eigenvalue weighted by Crippen LogP contribution is -2.44. The number of hydrogen-bond acceptors (Lipinski definition) is 3. The van der Waals surface area contributed by atoms with Gasteiger partial charge in [0.15, 0.2) is 5.82 Å². The third-order valence-corrected chi connectivity index (χ3v) is 3.64. The fourth-order valence-electron chi connectivity index (χ4n) is 2.55. The Morgan fingerprint density at radius 1 is 1.50 bits per heavy atom. The van der Waals surface area contributed by atoms with Crippen molar-refractivity contribution >= 4 is 11.7 Å². The van der Waals surface area contributed by atoms with Crippen LogP contribution in [0.2, 0.25) is 0 Å². The molecule has 1 amide bonds. The zero-order chi connectivity index (χ0) is 13.0. The van der Waals surface area contributed by atoms with Crippen LogP contribution in [0, 0.1) is 0 Å². The minimum absolute atomic E-state index is 0.0337. The molecule has 1 fully saturated rings. The Morgan fingerprint density at radius 3 is 2.83 bits per heavy atom. The summed E-state index contributed by atoms with van der Waals surface area (Å²) in [5, 5.41) is 9.73. The zero-order valence-corrected chi connectivity index (χ0v) is 11.0. The summed E-state index contributed by atoms with van der Waals surface area (Å²) in [5.41, 5.74) is 6.96. The monoisotopic (exact) mass is 250 g/mol. The summed E-state index contributed by atoms with van der Waals surface area (Å²) in [6, 6.07) is 1.86. The molecular weight excluding hydrogens is 228 g/mol. The van der Waals surface area contributed by atoms with Crippen LogP contribution in [0.25, 0.3) is 0 Å². The Kier molecular flexibility index (Phi) is 4.01. The van der Waals surface area contributed by atoms with Crippen molar-refractivity contribution in [3.63, 3.8) is 0 Å². The van der Waals surface area contributed by atoms with Crippen molar-refractivity contribution in [3.8, 4) is 0 Å². The van der Waals surface area contributed by atoms with Crippen LogP contribution >= 0.6 is 0 Å². The minimum atomic E-state index is -0.313. The highest BCUT2D eigenvalue weighted by molar-refractivity contribution is 5.90. The summed E-state index contributed by atoms with van der Waals surface area (Å²) >= 11 is 0. The second-order valence-corrected chi connectivity index (χ2v) is 5.28. The van der Waals surface area contributed by atoms with Crippen LogP contribution in [0.4, 0.5) is 5.82 Å². The molecule has 0 radical (unpaired) electrons. The molecule has 18 heavy (non-hydrogen) atoms. The Hall–Kier alpha value is -1.36. The van der Waals surface area contributed by atoms with E-state index in [2.05, 4.69) is 15.5 Å². The Balaban J connectivity index is 1.87. The molecule has 5 nitrogen and oxygen atoms in total. The molecule has 1 saturated carbocycles. The van der Waals surface area contributed by atoms with Gasteiger partial charge < -0.3 is 11.1 Å². The minimum Gasteiger partial charge on any atom is -0.325 e. The molecule has 1 aliphatic rings. The van der Waals surface area contributed by atoms with Crippen molar-refractivity contribution in [1.82, 2.24) is 10.2 Å². The Bertz CT molecular complexity index is 407. The number of aromatic amines is 1. The highest BCUT2D eigenvalue weighted by Gasteiger charge is 2.30. The summed E-state index contributed by atoms with van der Waals surface area (Å²) in [4.78, 5) is 11.9. The van der Waals surface area contributed by atoms with E-state index in [0.717, 1.165) is 37.8 Å². The number of nitrogens with two attached hydrogens (primary N) is 1. The molecule has 0 bridgehead atoms. The van der Waals surface area contributed by atoms with Gasteiger partial charge in [-0.1, -0.05) is 26.2 Å². The quantitative estimate of drug-likeness (QED) is 0.763. The molecule has 2 rings (SSSR count). The molecule has 0 aromatic carbocycles. The number of rotatable bonds is 4. The van der Waals surface area contributed by atoms with Crippen LogP contribution in [0.1, 0.15) is 51.1 Å². The predicted octanol–water partition coefficient (Wildman–Crippen LogP) is 1.96. The fourth-order valence-corrected chi connectivity index (χ4v) is 2.55. The van der Waals surface area contributed by atoms with Crippen molar-refractivity contribution in [2.75, 3.05) is 5.32 Å². The first-order chi connectivity index (χ1) is 8.61.